The van der Waals surface area contributed by atoms with Crippen molar-refractivity contribution in [3.8, 4) is 11.5 Å². The van der Waals surface area contributed by atoms with Gasteiger partial charge in [0.1, 0.15) is 0 Å². The largest absolute Gasteiger partial charge is 0.454 e. The van der Waals surface area contributed by atoms with Crippen LogP contribution in [0.5, 0.6) is 11.5 Å². The summed E-state index contributed by atoms with van der Waals surface area (Å²) < 4.78 is 18.2. The van der Waals surface area contributed by atoms with Crippen LogP contribution in [-0.2, 0) is 16.1 Å². The van der Waals surface area contributed by atoms with Crippen molar-refractivity contribution in [2.45, 2.75) is 37.2 Å². The molecule has 10 heteroatoms. The van der Waals surface area contributed by atoms with Crippen molar-refractivity contribution in [1.29, 1.82) is 0 Å². The summed E-state index contributed by atoms with van der Waals surface area (Å²) in [6.07, 6.45) is 0.566. The van der Waals surface area contributed by atoms with Crippen molar-refractivity contribution in [2.75, 3.05) is 43.3 Å². The Morgan fingerprint density at radius 2 is 1.88 bits per heavy atom. The number of ether oxygens (including phenoxy) is 3. The monoisotopic (exact) mass is 572 g/mol. The Morgan fingerprint density at radius 3 is 2.68 bits per heavy atom. The smallest absolute Gasteiger partial charge is 0.262 e. The Balaban J connectivity index is 1.37. The van der Waals surface area contributed by atoms with Gasteiger partial charge in [0, 0.05) is 24.5 Å². The molecule has 0 aliphatic carbocycles. The summed E-state index contributed by atoms with van der Waals surface area (Å²) in [6.45, 7) is 7.25. The average Bonchev–Trinajstić information content (AvgIpc) is 3.46. The highest BCUT2D eigenvalue weighted by atomic mass is 32.2. The molecule has 0 saturated carbocycles. The molecular formula is C31H32N4O5S. The SMILES string of the molecule is CC[C@H](Sc1nc2ccc(N3CCOCC3)cc2c(=O)n1Cc1ccc2c(c1)OCO2)C(=O)Nc1cccc(C)c1. The minimum absolute atomic E-state index is 0.130. The number of aryl methyl sites for hydroxylation is 1. The summed E-state index contributed by atoms with van der Waals surface area (Å²) >= 11 is 1.31. The Morgan fingerprint density at radius 1 is 1.05 bits per heavy atom. The first kappa shape index (κ1) is 27.2. The number of aromatic nitrogens is 2. The topological polar surface area (TPSA) is 94.9 Å². The van der Waals surface area contributed by atoms with E-state index < -0.39 is 5.25 Å². The number of thioether (sulfide) groups is 1. The van der Waals surface area contributed by atoms with E-state index in [4.69, 9.17) is 19.2 Å². The highest BCUT2D eigenvalue weighted by molar-refractivity contribution is 8.00. The second-order valence-electron chi connectivity index (χ2n) is 10.1. The number of amides is 1. The summed E-state index contributed by atoms with van der Waals surface area (Å²) in [5.74, 6) is 1.20. The molecule has 1 atom stereocenters. The number of nitrogens with one attached hydrogen (secondary N) is 1. The molecule has 2 aliphatic rings. The molecule has 6 rings (SSSR count). The summed E-state index contributed by atoms with van der Waals surface area (Å²) in [4.78, 5) is 34.6. The third kappa shape index (κ3) is 5.89. The van der Waals surface area contributed by atoms with Crippen LogP contribution in [0.15, 0.2) is 70.6 Å². The van der Waals surface area contributed by atoms with Crippen molar-refractivity contribution in [3.05, 3.63) is 82.1 Å². The van der Waals surface area contributed by atoms with Gasteiger partial charge < -0.3 is 24.4 Å². The van der Waals surface area contributed by atoms with E-state index in [1.165, 1.54) is 11.8 Å². The number of rotatable bonds is 8. The standard InChI is InChI=1S/C31H32N4O5S/c1-3-28(29(36)32-22-6-4-5-20(2)15-22)41-31-33-25-9-8-23(34-11-13-38-14-12-34)17-24(25)30(37)35(31)18-21-7-10-26-27(16-21)40-19-39-26/h4-10,15-17,28H,3,11-14,18-19H2,1-2H3,(H,32,36)/t28-/m0/s1. The first-order valence-corrected chi connectivity index (χ1v) is 14.7. The third-order valence-corrected chi connectivity index (χ3v) is 8.61. The number of benzene rings is 3. The van der Waals surface area contributed by atoms with E-state index >= 15 is 0 Å². The van der Waals surface area contributed by atoms with Gasteiger partial charge in [-0.15, -0.1) is 0 Å². The zero-order chi connectivity index (χ0) is 28.3. The van der Waals surface area contributed by atoms with Crippen LogP contribution in [-0.4, -0.2) is 53.8 Å². The predicted molar refractivity (Wildman–Crippen MR) is 160 cm³/mol. The zero-order valence-corrected chi connectivity index (χ0v) is 23.9. The van der Waals surface area contributed by atoms with Gasteiger partial charge in [-0.2, -0.15) is 0 Å². The fourth-order valence-corrected chi connectivity index (χ4v) is 6.07. The van der Waals surface area contributed by atoms with E-state index in [1.807, 2.05) is 74.5 Å². The number of anilines is 2. The summed E-state index contributed by atoms with van der Waals surface area (Å²) in [5.41, 5.74) is 4.10. The van der Waals surface area contributed by atoms with Gasteiger partial charge in [-0.05, 0) is 66.9 Å². The van der Waals surface area contributed by atoms with Crippen LogP contribution in [0, 0.1) is 6.92 Å². The van der Waals surface area contributed by atoms with Crippen molar-refractivity contribution >= 4 is 39.9 Å². The summed E-state index contributed by atoms with van der Waals surface area (Å²) in [6, 6.07) is 19.2. The minimum Gasteiger partial charge on any atom is -0.454 e. The maximum atomic E-state index is 14.1. The van der Waals surface area contributed by atoms with E-state index in [0.717, 1.165) is 35.6 Å². The summed E-state index contributed by atoms with van der Waals surface area (Å²) in [7, 11) is 0. The molecule has 1 aromatic heterocycles. The normalized spacial score (nSPS) is 15.2. The van der Waals surface area contributed by atoms with Gasteiger partial charge in [0.2, 0.25) is 12.7 Å². The van der Waals surface area contributed by atoms with Gasteiger partial charge >= 0.3 is 0 Å². The van der Waals surface area contributed by atoms with Crippen molar-refractivity contribution in [2.24, 2.45) is 0 Å². The Bertz CT molecular complexity index is 1650. The molecule has 3 heterocycles. The third-order valence-electron chi connectivity index (χ3n) is 7.25. The lowest BCUT2D eigenvalue weighted by Crippen LogP contribution is -2.36. The lowest BCUT2D eigenvalue weighted by atomic mass is 10.1. The minimum atomic E-state index is -0.449. The van der Waals surface area contributed by atoms with Crippen molar-refractivity contribution in [1.82, 2.24) is 9.55 Å². The number of carbonyl (C=O) groups excluding carboxylic acids is 1. The van der Waals surface area contributed by atoms with Crippen LogP contribution in [0.3, 0.4) is 0 Å². The number of carbonyl (C=O) groups is 1. The molecule has 3 aromatic carbocycles. The van der Waals surface area contributed by atoms with Crippen LogP contribution < -0.4 is 25.2 Å². The Labute approximate surface area is 242 Å². The molecule has 0 bridgehead atoms. The van der Waals surface area contributed by atoms with Crippen LogP contribution in [0.25, 0.3) is 10.9 Å². The van der Waals surface area contributed by atoms with E-state index in [9.17, 15) is 9.59 Å². The summed E-state index contributed by atoms with van der Waals surface area (Å²) in [5, 5.41) is 3.61. The maximum absolute atomic E-state index is 14.1. The number of fused-ring (bicyclic) bond motifs is 2. The molecule has 41 heavy (non-hydrogen) atoms. The number of morpholine rings is 1. The molecule has 1 fully saturated rings. The van der Waals surface area contributed by atoms with Crippen LogP contribution >= 0.6 is 11.8 Å². The van der Waals surface area contributed by atoms with Gasteiger partial charge in [-0.25, -0.2) is 4.98 Å². The molecule has 1 N–H and O–H groups in total. The Kier molecular flexibility index (Phi) is 7.84. The lowest BCUT2D eigenvalue weighted by molar-refractivity contribution is -0.115. The second kappa shape index (κ2) is 11.8. The predicted octanol–water partition coefficient (Wildman–Crippen LogP) is 4.83. The van der Waals surface area contributed by atoms with E-state index in [1.54, 1.807) is 4.57 Å². The lowest BCUT2D eigenvalue weighted by Gasteiger charge is -2.29. The molecule has 4 aromatic rings. The maximum Gasteiger partial charge on any atom is 0.262 e. The molecule has 0 spiro atoms. The second-order valence-corrected chi connectivity index (χ2v) is 11.3. The quantitative estimate of drug-likeness (QED) is 0.237. The number of hydrogen-bond acceptors (Lipinski definition) is 8. The van der Waals surface area contributed by atoms with Gasteiger partial charge in [-0.1, -0.05) is 36.9 Å². The van der Waals surface area contributed by atoms with Gasteiger partial charge in [0.25, 0.3) is 5.56 Å². The number of hydrogen-bond donors (Lipinski definition) is 1. The molecule has 2 aliphatic heterocycles. The number of nitrogens with zero attached hydrogens (tertiary/aromatic N) is 3. The fraction of sp³-hybridized carbons (Fsp3) is 0.323. The van der Waals surface area contributed by atoms with Crippen LogP contribution in [0.4, 0.5) is 11.4 Å². The first-order valence-electron chi connectivity index (χ1n) is 13.8. The molecule has 0 radical (unpaired) electrons. The van der Waals surface area contributed by atoms with E-state index in [2.05, 4.69) is 10.2 Å². The zero-order valence-electron chi connectivity index (χ0n) is 23.1. The van der Waals surface area contributed by atoms with Crippen molar-refractivity contribution < 1.29 is 19.0 Å². The van der Waals surface area contributed by atoms with Gasteiger partial charge in [-0.3, -0.25) is 14.2 Å². The van der Waals surface area contributed by atoms with Gasteiger partial charge in [0.15, 0.2) is 16.7 Å². The highest BCUT2D eigenvalue weighted by Crippen LogP contribution is 2.33. The Hall–Kier alpha value is -4.02. The van der Waals surface area contributed by atoms with Crippen LogP contribution in [0.2, 0.25) is 0 Å². The first-order chi connectivity index (χ1) is 20.0. The molecular weight excluding hydrogens is 540 g/mol. The molecule has 0 unspecified atom stereocenters. The van der Waals surface area contributed by atoms with Crippen molar-refractivity contribution in [3.63, 3.8) is 0 Å². The average molecular weight is 573 g/mol. The molecule has 1 saturated heterocycles. The molecule has 1 amide bonds. The fourth-order valence-electron chi connectivity index (χ4n) is 5.05. The molecule has 9 nitrogen and oxygen atoms in total. The van der Waals surface area contributed by atoms with Gasteiger partial charge in [0.05, 0.1) is 35.9 Å². The highest BCUT2D eigenvalue weighted by Gasteiger charge is 2.24. The molecule has 212 valence electrons. The van der Waals surface area contributed by atoms with E-state index in [-0.39, 0.29) is 24.8 Å². The van der Waals surface area contributed by atoms with E-state index in [0.29, 0.717) is 47.2 Å². The van der Waals surface area contributed by atoms with Crippen LogP contribution in [0.1, 0.15) is 24.5 Å².